The molecule has 0 spiro atoms. The van der Waals surface area contributed by atoms with Crippen LogP contribution in [0.1, 0.15) is 46.0 Å². The molecule has 1 aliphatic rings. The average molecular weight is 340 g/mol. The van der Waals surface area contributed by atoms with Crippen LogP contribution in [-0.2, 0) is 9.47 Å². The lowest BCUT2D eigenvalue weighted by molar-refractivity contribution is -0.0727. The molecule has 0 aliphatic heterocycles. The van der Waals surface area contributed by atoms with E-state index >= 15 is 0 Å². The minimum atomic E-state index is 0.167. The molecule has 3 heteroatoms. The van der Waals surface area contributed by atoms with E-state index in [0.29, 0.717) is 5.92 Å². The van der Waals surface area contributed by atoms with Gasteiger partial charge in [0.2, 0.25) is 0 Å². The fourth-order valence-electron chi connectivity index (χ4n) is 2.15. The van der Waals surface area contributed by atoms with Gasteiger partial charge in [-0.25, -0.2) is 0 Å². The SMILES string of the molecule is CC(C)COCCOC1(CI)CCCCC1. The second-order valence-corrected chi connectivity index (χ2v) is 5.96. The van der Waals surface area contributed by atoms with Gasteiger partial charge in [-0.05, 0) is 18.8 Å². The number of alkyl halides is 1. The Morgan fingerprint density at radius 1 is 1.12 bits per heavy atom. The smallest absolute Gasteiger partial charge is 0.0772 e. The lowest BCUT2D eigenvalue weighted by Gasteiger charge is -2.35. The van der Waals surface area contributed by atoms with Crippen LogP contribution in [0.3, 0.4) is 0 Å². The minimum Gasteiger partial charge on any atom is -0.379 e. The van der Waals surface area contributed by atoms with Crippen molar-refractivity contribution in [2.45, 2.75) is 51.6 Å². The first kappa shape index (κ1) is 14.7. The van der Waals surface area contributed by atoms with Gasteiger partial charge in [-0.1, -0.05) is 55.7 Å². The lowest BCUT2D eigenvalue weighted by atomic mass is 9.86. The molecular weight excluding hydrogens is 315 g/mol. The molecule has 0 amide bonds. The monoisotopic (exact) mass is 340 g/mol. The van der Waals surface area contributed by atoms with E-state index in [-0.39, 0.29) is 5.60 Å². The van der Waals surface area contributed by atoms with E-state index in [9.17, 15) is 0 Å². The summed E-state index contributed by atoms with van der Waals surface area (Å²) in [5.74, 6) is 0.619. The molecule has 2 nitrogen and oxygen atoms in total. The van der Waals surface area contributed by atoms with Crippen LogP contribution < -0.4 is 0 Å². The first-order valence-corrected chi connectivity index (χ1v) is 7.99. The van der Waals surface area contributed by atoms with Crippen molar-refractivity contribution in [2.24, 2.45) is 5.92 Å². The standard InChI is InChI=1S/C13H25IO2/c1-12(2)10-15-8-9-16-13(11-14)6-4-3-5-7-13/h12H,3-11H2,1-2H3. The molecule has 0 unspecified atom stereocenters. The van der Waals surface area contributed by atoms with Crippen LogP contribution in [-0.4, -0.2) is 29.8 Å². The van der Waals surface area contributed by atoms with E-state index in [1.54, 1.807) is 0 Å². The lowest BCUT2D eigenvalue weighted by Crippen LogP contribution is -2.37. The van der Waals surface area contributed by atoms with Crippen LogP contribution in [0.25, 0.3) is 0 Å². The predicted octanol–water partition coefficient (Wildman–Crippen LogP) is 3.81. The van der Waals surface area contributed by atoms with Crippen molar-refractivity contribution in [3.05, 3.63) is 0 Å². The van der Waals surface area contributed by atoms with E-state index in [4.69, 9.17) is 9.47 Å². The fourth-order valence-corrected chi connectivity index (χ4v) is 3.13. The minimum absolute atomic E-state index is 0.167. The number of ether oxygens (including phenoxy) is 2. The zero-order valence-corrected chi connectivity index (χ0v) is 12.8. The Labute approximate surface area is 114 Å². The van der Waals surface area contributed by atoms with Gasteiger partial charge in [0, 0.05) is 11.0 Å². The molecule has 0 bridgehead atoms. The molecule has 0 N–H and O–H groups in total. The summed E-state index contributed by atoms with van der Waals surface area (Å²) in [4.78, 5) is 0. The van der Waals surface area contributed by atoms with Gasteiger partial charge < -0.3 is 9.47 Å². The summed E-state index contributed by atoms with van der Waals surface area (Å²) in [7, 11) is 0. The van der Waals surface area contributed by atoms with Crippen LogP contribution in [0.15, 0.2) is 0 Å². The maximum absolute atomic E-state index is 6.07. The molecule has 0 aromatic heterocycles. The molecule has 1 fully saturated rings. The van der Waals surface area contributed by atoms with E-state index in [0.717, 1.165) is 24.2 Å². The molecule has 1 rings (SSSR count). The first-order chi connectivity index (χ1) is 7.68. The highest BCUT2D eigenvalue weighted by Gasteiger charge is 2.31. The Morgan fingerprint density at radius 2 is 1.81 bits per heavy atom. The van der Waals surface area contributed by atoms with Crippen molar-refractivity contribution < 1.29 is 9.47 Å². The van der Waals surface area contributed by atoms with E-state index in [1.165, 1.54) is 32.1 Å². The highest BCUT2D eigenvalue weighted by atomic mass is 127. The number of rotatable bonds is 7. The maximum atomic E-state index is 6.07. The van der Waals surface area contributed by atoms with Gasteiger partial charge in [-0.15, -0.1) is 0 Å². The number of hydrogen-bond donors (Lipinski definition) is 0. The quantitative estimate of drug-likeness (QED) is 0.399. The first-order valence-electron chi connectivity index (χ1n) is 6.46. The van der Waals surface area contributed by atoms with Crippen molar-refractivity contribution >= 4 is 22.6 Å². The number of hydrogen-bond acceptors (Lipinski definition) is 2. The van der Waals surface area contributed by atoms with E-state index in [2.05, 4.69) is 36.4 Å². The predicted molar refractivity (Wildman–Crippen MR) is 76.3 cm³/mol. The molecule has 1 saturated carbocycles. The van der Waals surface area contributed by atoms with Crippen molar-refractivity contribution in [1.29, 1.82) is 0 Å². The Balaban J connectivity index is 2.13. The van der Waals surface area contributed by atoms with Crippen LogP contribution in [0.5, 0.6) is 0 Å². The Bertz CT molecular complexity index is 177. The summed E-state index contributed by atoms with van der Waals surface area (Å²) in [6.07, 6.45) is 6.51. The van der Waals surface area contributed by atoms with Gasteiger partial charge in [-0.2, -0.15) is 0 Å². The summed E-state index contributed by atoms with van der Waals surface area (Å²) < 4.78 is 12.7. The summed E-state index contributed by atoms with van der Waals surface area (Å²) in [6.45, 7) is 6.70. The second-order valence-electron chi connectivity index (χ2n) is 5.19. The highest BCUT2D eigenvalue weighted by Crippen LogP contribution is 2.33. The summed E-state index contributed by atoms with van der Waals surface area (Å²) in [6, 6.07) is 0. The zero-order chi connectivity index (χ0) is 11.9. The van der Waals surface area contributed by atoms with Crippen molar-refractivity contribution in [2.75, 3.05) is 24.2 Å². The molecule has 1 aliphatic carbocycles. The fraction of sp³-hybridized carbons (Fsp3) is 1.00. The Hall–Kier alpha value is 0.650. The van der Waals surface area contributed by atoms with Gasteiger partial charge >= 0.3 is 0 Å². The molecule has 0 aromatic carbocycles. The van der Waals surface area contributed by atoms with Gasteiger partial charge in [0.15, 0.2) is 0 Å². The Kier molecular flexibility index (Phi) is 7.24. The van der Waals surface area contributed by atoms with Crippen LogP contribution in [0, 0.1) is 5.92 Å². The highest BCUT2D eigenvalue weighted by molar-refractivity contribution is 14.1. The van der Waals surface area contributed by atoms with Gasteiger partial charge in [0.05, 0.1) is 18.8 Å². The third kappa shape index (κ3) is 5.32. The van der Waals surface area contributed by atoms with E-state index in [1.807, 2.05) is 0 Å². The van der Waals surface area contributed by atoms with Gasteiger partial charge in [0.25, 0.3) is 0 Å². The van der Waals surface area contributed by atoms with Gasteiger partial charge in [-0.3, -0.25) is 0 Å². The second kappa shape index (κ2) is 7.88. The Morgan fingerprint density at radius 3 is 2.38 bits per heavy atom. The molecule has 96 valence electrons. The zero-order valence-electron chi connectivity index (χ0n) is 10.6. The maximum Gasteiger partial charge on any atom is 0.0772 e. The largest absolute Gasteiger partial charge is 0.379 e. The van der Waals surface area contributed by atoms with Crippen molar-refractivity contribution in [3.63, 3.8) is 0 Å². The van der Waals surface area contributed by atoms with Crippen molar-refractivity contribution in [3.8, 4) is 0 Å². The molecule has 16 heavy (non-hydrogen) atoms. The van der Waals surface area contributed by atoms with Crippen LogP contribution in [0.2, 0.25) is 0 Å². The van der Waals surface area contributed by atoms with Crippen LogP contribution in [0.4, 0.5) is 0 Å². The summed E-state index contributed by atoms with van der Waals surface area (Å²) >= 11 is 2.47. The molecule has 0 radical (unpaired) electrons. The average Bonchev–Trinajstić information content (AvgIpc) is 2.29. The third-order valence-electron chi connectivity index (χ3n) is 3.10. The molecule has 0 saturated heterocycles. The summed E-state index contributed by atoms with van der Waals surface area (Å²) in [5, 5.41) is 0. The normalized spacial score (nSPS) is 20.2. The summed E-state index contributed by atoms with van der Waals surface area (Å²) in [5.41, 5.74) is 0.167. The molecular formula is C13H25IO2. The van der Waals surface area contributed by atoms with Crippen LogP contribution >= 0.6 is 22.6 Å². The molecule has 0 heterocycles. The topological polar surface area (TPSA) is 18.5 Å². The molecule has 0 atom stereocenters. The third-order valence-corrected chi connectivity index (χ3v) is 4.49. The number of halogens is 1. The van der Waals surface area contributed by atoms with Gasteiger partial charge in [0.1, 0.15) is 0 Å². The van der Waals surface area contributed by atoms with E-state index < -0.39 is 0 Å². The molecule has 0 aromatic rings. The van der Waals surface area contributed by atoms with Crippen molar-refractivity contribution in [1.82, 2.24) is 0 Å².